The van der Waals surface area contributed by atoms with Gasteiger partial charge in [0.05, 0.1) is 12.8 Å². The summed E-state index contributed by atoms with van der Waals surface area (Å²) in [6.07, 6.45) is 11.1. The molecule has 2 rings (SSSR count). The van der Waals surface area contributed by atoms with Crippen molar-refractivity contribution in [1.82, 2.24) is 19.3 Å². The van der Waals surface area contributed by atoms with Gasteiger partial charge in [0.15, 0.2) is 0 Å². The van der Waals surface area contributed by atoms with Crippen LogP contribution in [0.15, 0.2) is 23.2 Å². The number of rotatable bonds is 8. The lowest BCUT2D eigenvalue weighted by atomic mass is 10.2. The molecule has 0 aliphatic carbocycles. The molecule has 0 radical (unpaired) electrons. The molecular formula is C15H25BrN4O2S. The molecule has 0 saturated heterocycles. The first-order valence-electron chi connectivity index (χ1n) is 7.47. The number of aliphatic hydroxyl groups is 1. The third-order valence-electron chi connectivity index (χ3n) is 3.46. The molecule has 0 aromatic carbocycles. The summed E-state index contributed by atoms with van der Waals surface area (Å²) in [7, 11) is -0.557. The molecule has 23 heavy (non-hydrogen) atoms. The Bertz CT molecular complexity index is 636. The molecule has 0 saturated carbocycles. The second-order valence-corrected chi connectivity index (χ2v) is 11.5. The van der Waals surface area contributed by atoms with E-state index in [0.717, 1.165) is 16.9 Å². The maximum atomic E-state index is 10.6. The highest BCUT2D eigenvalue weighted by atomic mass is 79.9. The SMILES string of the molecule is CCn1ncc(C(O)c2nccn2COCCS(C)(C)C)c1Br. The zero-order chi connectivity index (χ0) is 17.0. The minimum absolute atomic E-state index is 0.390. The van der Waals surface area contributed by atoms with Crippen LogP contribution in [-0.2, 0) is 18.0 Å². The highest BCUT2D eigenvalue weighted by Gasteiger charge is 2.21. The first-order chi connectivity index (χ1) is 10.8. The largest absolute Gasteiger partial charge is 0.380 e. The number of ether oxygens (including phenoxy) is 1. The van der Waals surface area contributed by atoms with Gasteiger partial charge < -0.3 is 14.4 Å². The molecule has 0 aliphatic rings. The molecular weight excluding hydrogens is 380 g/mol. The summed E-state index contributed by atoms with van der Waals surface area (Å²) in [5, 5.41) is 14.9. The normalized spacial score (nSPS) is 14.2. The van der Waals surface area contributed by atoms with E-state index in [0.29, 0.717) is 24.7 Å². The lowest BCUT2D eigenvalue weighted by molar-refractivity contribution is 0.0808. The van der Waals surface area contributed by atoms with E-state index in [9.17, 15) is 5.11 Å². The molecule has 0 spiro atoms. The standard InChI is InChI=1S/C15H25BrN4O2S/c1-5-20-14(16)12(10-18-20)13(21)15-17-6-7-19(15)11-22-8-9-23(2,3)4/h6-7,10,13,21H,5,8-9,11H2,1-4H3. The molecule has 0 fully saturated rings. The molecule has 1 atom stereocenters. The number of hydrogen-bond donors (Lipinski definition) is 1. The number of aliphatic hydroxyl groups excluding tert-OH is 1. The predicted molar refractivity (Wildman–Crippen MR) is 98.1 cm³/mol. The van der Waals surface area contributed by atoms with Crippen LogP contribution in [0.5, 0.6) is 0 Å². The van der Waals surface area contributed by atoms with E-state index in [1.165, 1.54) is 0 Å². The van der Waals surface area contributed by atoms with Crippen LogP contribution in [0, 0.1) is 0 Å². The second-order valence-electron chi connectivity index (χ2n) is 6.20. The van der Waals surface area contributed by atoms with Crippen molar-refractivity contribution in [2.24, 2.45) is 0 Å². The maximum Gasteiger partial charge on any atom is 0.144 e. The van der Waals surface area contributed by atoms with Gasteiger partial charge in [-0.05, 0) is 41.6 Å². The average Bonchev–Trinajstić information content (AvgIpc) is 3.08. The second kappa shape index (κ2) is 7.83. The number of hydrogen-bond acceptors (Lipinski definition) is 4. The van der Waals surface area contributed by atoms with Gasteiger partial charge >= 0.3 is 0 Å². The minimum atomic E-state index is -0.837. The van der Waals surface area contributed by atoms with Crippen LogP contribution >= 0.6 is 26.0 Å². The van der Waals surface area contributed by atoms with Crippen LogP contribution < -0.4 is 0 Å². The number of aryl methyl sites for hydroxylation is 1. The van der Waals surface area contributed by atoms with Crippen molar-refractivity contribution in [1.29, 1.82) is 0 Å². The molecule has 2 aromatic rings. The van der Waals surface area contributed by atoms with Crippen LogP contribution in [-0.4, -0.2) is 55.6 Å². The zero-order valence-electron chi connectivity index (χ0n) is 14.1. The lowest BCUT2D eigenvalue weighted by Gasteiger charge is -2.24. The number of imidazole rings is 1. The molecule has 8 heteroatoms. The van der Waals surface area contributed by atoms with E-state index in [2.05, 4.69) is 44.8 Å². The molecule has 0 bridgehead atoms. The van der Waals surface area contributed by atoms with E-state index >= 15 is 0 Å². The van der Waals surface area contributed by atoms with Gasteiger partial charge in [0.25, 0.3) is 0 Å². The summed E-state index contributed by atoms with van der Waals surface area (Å²) in [6, 6.07) is 0. The van der Waals surface area contributed by atoms with Crippen molar-refractivity contribution in [2.45, 2.75) is 26.3 Å². The van der Waals surface area contributed by atoms with Crippen molar-refractivity contribution in [2.75, 3.05) is 31.1 Å². The Morgan fingerprint density at radius 1 is 1.39 bits per heavy atom. The predicted octanol–water partition coefficient (Wildman–Crippen LogP) is 2.61. The highest BCUT2D eigenvalue weighted by Crippen LogP contribution is 2.33. The minimum Gasteiger partial charge on any atom is -0.380 e. The Kier molecular flexibility index (Phi) is 6.30. The molecule has 2 aromatic heterocycles. The van der Waals surface area contributed by atoms with Gasteiger partial charge in [0.1, 0.15) is 23.3 Å². The molecule has 1 N–H and O–H groups in total. The van der Waals surface area contributed by atoms with E-state index < -0.39 is 16.1 Å². The highest BCUT2D eigenvalue weighted by molar-refractivity contribution is 9.10. The Morgan fingerprint density at radius 2 is 2.13 bits per heavy atom. The van der Waals surface area contributed by atoms with Gasteiger partial charge in [0, 0.05) is 30.3 Å². The van der Waals surface area contributed by atoms with Gasteiger partial charge in [0.2, 0.25) is 0 Å². The first-order valence-corrected chi connectivity index (χ1v) is 11.3. The fourth-order valence-electron chi connectivity index (χ4n) is 2.08. The summed E-state index contributed by atoms with van der Waals surface area (Å²) in [5.41, 5.74) is 0.707. The molecule has 1 unspecified atom stereocenters. The molecule has 6 nitrogen and oxygen atoms in total. The van der Waals surface area contributed by atoms with E-state index in [1.54, 1.807) is 17.1 Å². The number of halogens is 1. The third kappa shape index (κ3) is 4.82. The van der Waals surface area contributed by atoms with E-state index in [1.807, 2.05) is 17.7 Å². The van der Waals surface area contributed by atoms with Crippen molar-refractivity contribution in [3.05, 3.63) is 34.6 Å². The van der Waals surface area contributed by atoms with Gasteiger partial charge in [-0.2, -0.15) is 5.10 Å². The maximum absolute atomic E-state index is 10.6. The van der Waals surface area contributed by atoms with Crippen LogP contribution in [0.1, 0.15) is 24.4 Å². The first kappa shape index (κ1) is 18.5. The summed E-state index contributed by atoms with van der Waals surface area (Å²) >= 11 is 3.48. The summed E-state index contributed by atoms with van der Waals surface area (Å²) in [6.45, 7) is 3.84. The van der Waals surface area contributed by atoms with Gasteiger partial charge in [-0.25, -0.2) is 15.0 Å². The number of nitrogens with zero attached hydrogens (tertiary/aromatic N) is 4. The van der Waals surface area contributed by atoms with Crippen molar-refractivity contribution in [3.63, 3.8) is 0 Å². The lowest BCUT2D eigenvalue weighted by Crippen LogP contribution is -2.14. The molecule has 2 heterocycles. The van der Waals surface area contributed by atoms with Gasteiger partial charge in [-0.3, -0.25) is 4.68 Å². The van der Waals surface area contributed by atoms with Crippen LogP contribution in [0.3, 0.4) is 0 Å². The Hall–Kier alpha value is -0.830. The summed E-state index contributed by atoms with van der Waals surface area (Å²) in [5.74, 6) is 1.62. The molecule has 0 amide bonds. The topological polar surface area (TPSA) is 65.1 Å². The van der Waals surface area contributed by atoms with Crippen molar-refractivity contribution in [3.8, 4) is 0 Å². The van der Waals surface area contributed by atoms with Crippen LogP contribution in [0.25, 0.3) is 0 Å². The fourth-order valence-corrected chi connectivity index (χ4v) is 3.36. The van der Waals surface area contributed by atoms with Gasteiger partial charge in [-0.15, -0.1) is 0 Å². The average molecular weight is 405 g/mol. The fraction of sp³-hybridized carbons (Fsp3) is 0.600. The summed E-state index contributed by atoms with van der Waals surface area (Å²) in [4.78, 5) is 4.28. The Morgan fingerprint density at radius 3 is 2.74 bits per heavy atom. The third-order valence-corrected chi connectivity index (χ3v) is 5.72. The molecule has 0 aliphatic heterocycles. The quantitative estimate of drug-likeness (QED) is 0.686. The van der Waals surface area contributed by atoms with E-state index in [4.69, 9.17) is 4.74 Å². The number of aromatic nitrogens is 4. The Balaban J connectivity index is 2.03. The van der Waals surface area contributed by atoms with Crippen molar-refractivity contribution >= 4 is 26.0 Å². The Labute approximate surface area is 147 Å². The van der Waals surface area contributed by atoms with Gasteiger partial charge in [-0.1, -0.05) is 0 Å². The van der Waals surface area contributed by atoms with Crippen LogP contribution in [0.4, 0.5) is 0 Å². The van der Waals surface area contributed by atoms with Crippen molar-refractivity contribution < 1.29 is 9.84 Å². The zero-order valence-corrected chi connectivity index (χ0v) is 16.5. The summed E-state index contributed by atoms with van der Waals surface area (Å²) < 4.78 is 10.1. The van der Waals surface area contributed by atoms with E-state index in [-0.39, 0.29) is 0 Å². The molecule has 130 valence electrons. The monoisotopic (exact) mass is 404 g/mol. The smallest absolute Gasteiger partial charge is 0.144 e. The van der Waals surface area contributed by atoms with Crippen LogP contribution in [0.2, 0.25) is 0 Å².